The van der Waals surface area contributed by atoms with Gasteiger partial charge in [-0.25, -0.2) is 4.98 Å². The van der Waals surface area contributed by atoms with E-state index in [1.807, 2.05) is 30.3 Å². The molecule has 1 aromatic carbocycles. The first-order valence-electron chi connectivity index (χ1n) is 6.08. The molecular formula is C13H14N6O2. The van der Waals surface area contributed by atoms with E-state index in [0.29, 0.717) is 5.69 Å². The SMILES string of the molecule is CC(=O)NN/C(N)=N\c1nc(-c2ccccc2)cc(=O)[nH]1. The molecule has 21 heavy (non-hydrogen) atoms. The maximum atomic E-state index is 11.6. The minimum Gasteiger partial charge on any atom is -0.368 e. The van der Waals surface area contributed by atoms with E-state index in [1.165, 1.54) is 13.0 Å². The van der Waals surface area contributed by atoms with Crippen molar-refractivity contribution in [1.29, 1.82) is 0 Å². The summed E-state index contributed by atoms with van der Waals surface area (Å²) in [6.45, 7) is 1.32. The zero-order valence-electron chi connectivity index (χ0n) is 11.3. The van der Waals surface area contributed by atoms with E-state index in [2.05, 4.69) is 25.8 Å². The van der Waals surface area contributed by atoms with E-state index in [1.54, 1.807) is 0 Å². The van der Waals surface area contributed by atoms with Crippen molar-refractivity contribution in [2.75, 3.05) is 0 Å². The van der Waals surface area contributed by atoms with Crippen LogP contribution in [-0.2, 0) is 4.79 Å². The highest BCUT2D eigenvalue weighted by Crippen LogP contribution is 2.16. The van der Waals surface area contributed by atoms with Crippen LogP contribution < -0.4 is 22.1 Å². The van der Waals surface area contributed by atoms with Gasteiger partial charge < -0.3 is 5.73 Å². The summed E-state index contributed by atoms with van der Waals surface area (Å²) in [5, 5.41) is 0. The third-order valence-electron chi connectivity index (χ3n) is 2.39. The van der Waals surface area contributed by atoms with Gasteiger partial charge in [0.1, 0.15) is 0 Å². The lowest BCUT2D eigenvalue weighted by atomic mass is 10.1. The van der Waals surface area contributed by atoms with Crippen molar-refractivity contribution >= 4 is 17.8 Å². The highest BCUT2D eigenvalue weighted by molar-refractivity contribution is 5.83. The molecule has 108 valence electrons. The fourth-order valence-electron chi connectivity index (χ4n) is 1.55. The number of aromatic amines is 1. The van der Waals surface area contributed by atoms with Gasteiger partial charge in [0.2, 0.25) is 17.8 Å². The molecule has 8 heteroatoms. The van der Waals surface area contributed by atoms with Crippen molar-refractivity contribution in [3.63, 3.8) is 0 Å². The molecule has 0 saturated heterocycles. The van der Waals surface area contributed by atoms with Crippen molar-refractivity contribution in [2.24, 2.45) is 10.7 Å². The van der Waals surface area contributed by atoms with Gasteiger partial charge in [-0.05, 0) is 0 Å². The summed E-state index contributed by atoms with van der Waals surface area (Å²) >= 11 is 0. The lowest BCUT2D eigenvalue weighted by Crippen LogP contribution is -2.44. The standard InChI is InChI=1S/C13H14N6O2/c1-8(20)18-19-12(14)17-13-15-10(7-11(21)16-13)9-5-3-2-4-6-9/h2-7H,1H3,(H,18,20)(H4,14,15,16,17,19,21). The molecule has 0 unspecified atom stereocenters. The molecule has 8 nitrogen and oxygen atoms in total. The monoisotopic (exact) mass is 286 g/mol. The average molecular weight is 286 g/mol. The molecule has 0 fully saturated rings. The molecule has 0 aliphatic heterocycles. The number of amides is 1. The van der Waals surface area contributed by atoms with Crippen LogP contribution in [0.4, 0.5) is 5.95 Å². The number of H-pyrrole nitrogens is 1. The zero-order valence-corrected chi connectivity index (χ0v) is 11.3. The van der Waals surface area contributed by atoms with E-state index >= 15 is 0 Å². The Kier molecular flexibility index (Phi) is 4.30. The van der Waals surface area contributed by atoms with Gasteiger partial charge in [-0.3, -0.25) is 25.4 Å². The maximum Gasteiger partial charge on any atom is 0.252 e. The number of nitrogens with zero attached hydrogens (tertiary/aromatic N) is 2. The number of nitrogens with one attached hydrogen (secondary N) is 3. The van der Waals surface area contributed by atoms with Crippen molar-refractivity contribution in [3.8, 4) is 11.3 Å². The molecule has 5 N–H and O–H groups in total. The number of carbonyl (C=O) groups excluding carboxylic acids is 1. The van der Waals surface area contributed by atoms with E-state index in [4.69, 9.17) is 5.73 Å². The fourth-order valence-corrected chi connectivity index (χ4v) is 1.55. The predicted octanol–water partition coefficient (Wildman–Crippen LogP) is 0.0238. The first-order chi connectivity index (χ1) is 10.0. The lowest BCUT2D eigenvalue weighted by molar-refractivity contribution is -0.119. The van der Waals surface area contributed by atoms with Crippen molar-refractivity contribution in [1.82, 2.24) is 20.8 Å². The number of nitrogens with two attached hydrogens (primary N) is 1. The predicted molar refractivity (Wildman–Crippen MR) is 78.5 cm³/mol. The number of aromatic nitrogens is 2. The number of carbonyl (C=O) groups is 1. The van der Waals surface area contributed by atoms with Crippen LogP contribution in [0, 0.1) is 0 Å². The van der Waals surface area contributed by atoms with Crippen LogP contribution in [0.1, 0.15) is 6.92 Å². The molecule has 1 aromatic heterocycles. The normalized spacial score (nSPS) is 11.0. The highest BCUT2D eigenvalue weighted by atomic mass is 16.2. The smallest absolute Gasteiger partial charge is 0.252 e. The quantitative estimate of drug-likeness (QED) is 0.352. The molecule has 0 bridgehead atoms. The number of guanidine groups is 1. The van der Waals surface area contributed by atoms with Gasteiger partial charge in [-0.15, -0.1) is 0 Å². The van der Waals surface area contributed by atoms with E-state index in [9.17, 15) is 9.59 Å². The summed E-state index contributed by atoms with van der Waals surface area (Å²) < 4.78 is 0. The molecule has 0 aliphatic rings. The molecule has 0 radical (unpaired) electrons. The lowest BCUT2D eigenvalue weighted by Gasteiger charge is -2.05. The molecular weight excluding hydrogens is 272 g/mol. The largest absolute Gasteiger partial charge is 0.368 e. The maximum absolute atomic E-state index is 11.6. The van der Waals surface area contributed by atoms with Crippen LogP contribution >= 0.6 is 0 Å². The third-order valence-corrected chi connectivity index (χ3v) is 2.39. The van der Waals surface area contributed by atoms with Gasteiger partial charge in [-0.2, -0.15) is 4.99 Å². The number of hydrogen-bond donors (Lipinski definition) is 4. The minimum absolute atomic E-state index is 0.0386. The van der Waals surface area contributed by atoms with Gasteiger partial charge in [0.15, 0.2) is 0 Å². The van der Waals surface area contributed by atoms with Gasteiger partial charge in [0.05, 0.1) is 5.69 Å². The Balaban J connectivity index is 2.29. The number of rotatable bonds is 2. The molecule has 2 aromatic rings. The Morgan fingerprint density at radius 1 is 1.29 bits per heavy atom. The van der Waals surface area contributed by atoms with Crippen molar-refractivity contribution in [2.45, 2.75) is 6.92 Å². The van der Waals surface area contributed by atoms with Crippen molar-refractivity contribution < 1.29 is 4.79 Å². The van der Waals surface area contributed by atoms with Crippen molar-refractivity contribution in [3.05, 3.63) is 46.8 Å². The summed E-state index contributed by atoms with van der Waals surface area (Å²) in [7, 11) is 0. The Bertz CT molecular complexity index is 723. The van der Waals surface area contributed by atoms with Gasteiger partial charge in [-0.1, -0.05) is 30.3 Å². The minimum atomic E-state index is -0.352. The Labute approximate surface area is 120 Å². The summed E-state index contributed by atoms with van der Waals surface area (Å²) in [4.78, 5) is 32.9. The van der Waals surface area contributed by atoms with Gasteiger partial charge in [0, 0.05) is 18.6 Å². The summed E-state index contributed by atoms with van der Waals surface area (Å²) in [5.74, 6) is -0.386. The Hall–Kier alpha value is -3.16. The molecule has 0 saturated carbocycles. The second kappa shape index (κ2) is 6.33. The van der Waals surface area contributed by atoms with E-state index in [-0.39, 0.29) is 23.4 Å². The molecule has 0 atom stereocenters. The third kappa shape index (κ3) is 4.16. The molecule has 0 aliphatic carbocycles. The number of hydrogen-bond acceptors (Lipinski definition) is 4. The van der Waals surface area contributed by atoms with Crippen LogP contribution in [-0.4, -0.2) is 21.8 Å². The summed E-state index contributed by atoms with van der Waals surface area (Å²) in [6.07, 6.45) is 0. The number of aliphatic imine (C=N–C) groups is 1. The van der Waals surface area contributed by atoms with Gasteiger partial charge in [0.25, 0.3) is 5.56 Å². The van der Waals surface area contributed by atoms with Crippen LogP contribution in [0.5, 0.6) is 0 Å². The number of hydrazine groups is 1. The Morgan fingerprint density at radius 3 is 2.67 bits per heavy atom. The second-order valence-corrected chi connectivity index (χ2v) is 4.12. The van der Waals surface area contributed by atoms with Crippen LogP contribution in [0.3, 0.4) is 0 Å². The number of benzene rings is 1. The molecule has 1 amide bonds. The Morgan fingerprint density at radius 2 is 2.00 bits per heavy atom. The highest BCUT2D eigenvalue weighted by Gasteiger charge is 2.03. The van der Waals surface area contributed by atoms with E-state index < -0.39 is 0 Å². The topological polar surface area (TPSA) is 125 Å². The fraction of sp³-hybridized carbons (Fsp3) is 0.0769. The first kappa shape index (κ1) is 14.3. The summed E-state index contributed by atoms with van der Waals surface area (Å²) in [5.41, 5.74) is 11.1. The molecule has 2 rings (SSSR count). The second-order valence-electron chi connectivity index (χ2n) is 4.12. The molecule has 0 spiro atoms. The van der Waals surface area contributed by atoms with Crippen LogP contribution in [0.2, 0.25) is 0 Å². The average Bonchev–Trinajstić information content (AvgIpc) is 2.45. The first-order valence-corrected chi connectivity index (χ1v) is 6.08. The van der Waals surface area contributed by atoms with Crippen LogP contribution in [0.15, 0.2) is 46.2 Å². The summed E-state index contributed by atoms with van der Waals surface area (Å²) in [6, 6.07) is 10.6. The van der Waals surface area contributed by atoms with Crippen LogP contribution in [0.25, 0.3) is 11.3 Å². The zero-order chi connectivity index (χ0) is 15.2. The molecule has 1 heterocycles. The van der Waals surface area contributed by atoms with Gasteiger partial charge >= 0.3 is 0 Å². The van der Waals surface area contributed by atoms with E-state index in [0.717, 1.165) is 5.56 Å².